The molecule has 1 atom stereocenters. The summed E-state index contributed by atoms with van der Waals surface area (Å²) in [5, 5.41) is 10.4. The Kier molecular flexibility index (Phi) is 5.87. The number of carboxylic acid groups (broad SMARTS) is 1. The number of sulfonamides is 1. The first-order valence-electron chi connectivity index (χ1n) is 6.09. The minimum Gasteiger partial charge on any atom is -0.480 e. The Bertz CT molecular complexity index is 619. The van der Waals surface area contributed by atoms with Crippen LogP contribution in [0.5, 0.6) is 0 Å². The quantitative estimate of drug-likeness (QED) is 0.727. The Morgan fingerprint density at radius 3 is 2.52 bits per heavy atom. The SMILES string of the molecule is COC(=O)c1csc(S(=O)(=O)N[C@@H](CC(C)C)C(=O)O)c1. The van der Waals surface area contributed by atoms with Crippen LogP contribution in [0, 0.1) is 5.92 Å². The van der Waals surface area contributed by atoms with Crippen molar-refractivity contribution in [3.8, 4) is 0 Å². The summed E-state index contributed by atoms with van der Waals surface area (Å²) < 4.78 is 30.8. The number of rotatable bonds is 7. The lowest BCUT2D eigenvalue weighted by Crippen LogP contribution is -2.41. The zero-order valence-corrected chi connectivity index (χ0v) is 13.5. The molecule has 0 saturated carbocycles. The highest BCUT2D eigenvalue weighted by molar-refractivity contribution is 7.91. The summed E-state index contributed by atoms with van der Waals surface area (Å²) in [5.41, 5.74) is 0.110. The minimum atomic E-state index is -3.99. The fraction of sp³-hybridized carbons (Fsp3) is 0.500. The van der Waals surface area contributed by atoms with Gasteiger partial charge in [-0.3, -0.25) is 4.79 Å². The molecule has 7 nitrogen and oxygen atoms in total. The highest BCUT2D eigenvalue weighted by Gasteiger charge is 2.27. The zero-order valence-electron chi connectivity index (χ0n) is 11.8. The molecule has 118 valence electrons. The molecule has 2 N–H and O–H groups in total. The van der Waals surface area contributed by atoms with Crippen molar-refractivity contribution in [1.82, 2.24) is 4.72 Å². The summed E-state index contributed by atoms with van der Waals surface area (Å²) in [6.45, 7) is 3.59. The molecule has 1 heterocycles. The molecule has 0 fully saturated rings. The summed E-state index contributed by atoms with van der Waals surface area (Å²) in [6.07, 6.45) is 0.170. The van der Waals surface area contributed by atoms with Gasteiger partial charge in [-0.25, -0.2) is 13.2 Å². The molecule has 0 bridgehead atoms. The number of hydrogen-bond acceptors (Lipinski definition) is 6. The fourth-order valence-electron chi connectivity index (χ4n) is 1.60. The van der Waals surface area contributed by atoms with E-state index in [0.717, 1.165) is 17.4 Å². The van der Waals surface area contributed by atoms with Gasteiger partial charge in [0.15, 0.2) is 0 Å². The van der Waals surface area contributed by atoms with Gasteiger partial charge in [0, 0.05) is 5.38 Å². The average molecular weight is 335 g/mol. The number of carboxylic acids is 1. The van der Waals surface area contributed by atoms with E-state index in [1.165, 1.54) is 12.5 Å². The molecule has 1 aromatic heterocycles. The Morgan fingerprint density at radius 2 is 2.05 bits per heavy atom. The van der Waals surface area contributed by atoms with E-state index in [4.69, 9.17) is 5.11 Å². The topological polar surface area (TPSA) is 110 Å². The van der Waals surface area contributed by atoms with Crippen LogP contribution in [0.25, 0.3) is 0 Å². The Labute approximate surface area is 127 Å². The van der Waals surface area contributed by atoms with E-state index in [0.29, 0.717) is 0 Å². The highest BCUT2D eigenvalue weighted by atomic mass is 32.2. The molecular weight excluding hydrogens is 318 g/mol. The van der Waals surface area contributed by atoms with Gasteiger partial charge in [0.05, 0.1) is 12.7 Å². The van der Waals surface area contributed by atoms with E-state index in [1.54, 1.807) is 13.8 Å². The molecule has 0 aromatic carbocycles. The molecule has 0 radical (unpaired) electrons. The highest BCUT2D eigenvalue weighted by Crippen LogP contribution is 2.21. The van der Waals surface area contributed by atoms with E-state index in [1.807, 2.05) is 0 Å². The molecule has 1 rings (SSSR count). The van der Waals surface area contributed by atoms with Crippen LogP contribution in [0.15, 0.2) is 15.7 Å². The van der Waals surface area contributed by atoms with Gasteiger partial charge in [-0.15, -0.1) is 11.3 Å². The predicted molar refractivity (Wildman–Crippen MR) is 76.9 cm³/mol. The van der Waals surface area contributed by atoms with Gasteiger partial charge in [-0.2, -0.15) is 4.72 Å². The maximum Gasteiger partial charge on any atom is 0.338 e. The van der Waals surface area contributed by atoms with E-state index >= 15 is 0 Å². The average Bonchev–Trinajstić information content (AvgIpc) is 2.86. The van der Waals surface area contributed by atoms with Gasteiger partial charge in [-0.05, 0) is 18.4 Å². The van der Waals surface area contributed by atoms with Crippen LogP contribution in [0.3, 0.4) is 0 Å². The number of thiophene rings is 1. The van der Waals surface area contributed by atoms with E-state index < -0.39 is 28.0 Å². The number of esters is 1. The van der Waals surface area contributed by atoms with Gasteiger partial charge in [0.2, 0.25) is 0 Å². The Hall–Kier alpha value is -1.45. The predicted octanol–water partition coefficient (Wildman–Crippen LogP) is 1.31. The van der Waals surface area contributed by atoms with Gasteiger partial charge >= 0.3 is 11.9 Å². The maximum atomic E-state index is 12.1. The Morgan fingerprint density at radius 1 is 1.43 bits per heavy atom. The fourth-order valence-corrected chi connectivity index (χ4v) is 3.97. The third-order valence-corrected chi connectivity index (χ3v) is 5.48. The number of aliphatic carboxylic acids is 1. The minimum absolute atomic E-state index is 0.0164. The van der Waals surface area contributed by atoms with E-state index in [9.17, 15) is 18.0 Å². The van der Waals surface area contributed by atoms with Crippen molar-refractivity contribution in [3.63, 3.8) is 0 Å². The Balaban J connectivity index is 2.97. The number of nitrogens with one attached hydrogen (secondary N) is 1. The first kappa shape index (κ1) is 17.6. The lowest BCUT2D eigenvalue weighted by Gasteiger charge is -2.15. The van der Waals surface area contributed by atoms with Crippen LogP contribution in [0.4, 0.5) is 0 Å². The lowest BCUT2D eigenvalue weighted by atomic mass is 10.1. The molecule has 9 heteroatoms. The molecule has 0 aliphatic rings. The van der Waals surface area contributed by atoms with E-state index in [2.05, 4.69) is 9.46 Å². The van der Waals surface area contributed by atoms with Gasteiger partial charge in [-0.1, -0.05) is 13.8 Å². The van der Waals surface area contributed by atoms with Crippen molar-refractivity contribution < 1.29 is 27.9 Å². The number of ether oxygens (including phenoxy) is 1. The van der Waals surface area contributed by atoms with Crippen LogP contribution in [0.2, 0.25) is 0 Å². The van der Waals surface area contributed by atoms with Crippen molar-refractivity contribution in [2.75, 3.05) is 7.11 Å². The molecule has 0 saturated heterocycles. The molecule has 21 heavy (non-hydrogen) atoms. The molecule has 0 unspecified atom stereocenters. The van der Waals surface area contributed by atoms with E-state index in [-0.39, 0.29) is 22.1 Å². The van der Waals surface area contributed by atoms with Gasteiger partial charge < -0.3 is 9.84 Å². The number of carbonyl (C=O) groups is 2. The second kappa shape index (κ2) is 7.01. The molecule has 0 spiro atoms. The summed E-state index contributed by atoms with van der Waals surface area (Å²) in [5.74, 6) is -1.87. The van der Waals surface area contributed by atoms with Crippen molar-refractivity contribution in [1.29, 1.82) is 0 Å². The number of carbonyl (C=O) groups excluding carboxylic acids is 1. The summed E-state index contributed by atoms with van der Waals surface area (Å²) in [6, 6.07) is -0.0497. The maximum absolute atomic E-state index is 12.1. The van der Waals surface area contributed by atoms with Crippen LogP contribution >= 0.6 is 11.3 Å². The second-order valence-corrected chi connectivity index (χ2v) is 7.64. The molecule has 0 aliphatic carbocycles. The van der Waals surface area contributed by atoms with Crippen LogP contribution in [-0.4, -0.2) is 38.6 Å². The zero-order chi connectivity index (χ0) is 16.2. The van der Waals surface area contributed by atoms with Crippen LogP contribution < -0.4 is 4.72 Å². The largest absolute Gasteiger partial charge is 0.480 e. The third kappa shape index (κ3) is 4.80. The molecule has 0 amide bonds. The van der Waals surface area contributed by atoms with Gasteiger partial charge in [0.25, 0.3) is 10.0 Å². The smallest absolute Gasteiger partial charge is 0.338 e. The lowest BCUT2D eigenvalue weighted by molar-refractivity contribution is -0.139. The standard InChI is InChI=1S/C12H17NO6S2/c1-7(2)4-9(11(14)15)13-21(17,18)10-5-8(6-20-10)12(16)19-3/h5-7,9,13H,4H2,1-3H3,(H,14,15)/t9-/m0/s1. The second-order valence-electron chi connectivity index (χ2n) is 4.79. The number of hydrogen-bond donors (Lipinski definition) is 2. The summed E-state index contributed by atoms with van der Waals surface area (Å²) >= 11 is 0.829. The van der Waals surface area contributed by atoms with Gasteiger partial charge in [0.1, 0.15) is 10.3 Å². The first-order chi connectivity index (χ1) is 9.67. The van der Waals surface area contributed by atoms with Crippen molar-refractivity contribution in [2.45, 2.75) is 30.5 Å². The van der Waals surface area contributed by atoms with Crippen molar-refractivity contribution in [2.24, 2.45) is 5.92 Å². The molecule has 0 aliphatic heterocycles. The van der Waals surface area contributed by atoms with Crippen LogP contribution in [0.1, 0.15) is 30.6 Å². The number of methoxy groups -OCH3 is 1. The normalized spacial score (nSPS) is 13.1. The molecule has 1 aromatic rings. The monoisotopic (exact) mass is 335 g/mol. The summed E-state index contributed by atoms with van der Waals surface area (Å²) in [7, 11) is -2.80. The summed E-state index contributed by atoms with van der Waals surface area (Å²) in [4.78, 5) is 22.4. The molecular formula is C12H17NO6S2. The van der Waals surface area contributed by atoms with Crippen molar-refractivity contribution in [3.05, 3.63) is 17.0 Å². The first-order valence-corrected chi connectivity index (χ1v) is 8.45. The van der Waals surface area contributed by atoms with Crippen LogP contribution in [-0.2, 0) is 19.6 Å². The third-order valence-electron chi connectivity index (χ3n) is 2.56. The van der Waals surface area contributed by atoms with Crippen molar-refractivity contribution >= 4 is 33.3 Å².